The van der Waals surface area contributed by atoms with E-state index in [0.717, 1.165) is 33.9 Å². The van der Waals surface area contributed by atoms with Crippen LogP contribution in [0.5, 0.6) is 0 Å². The van der Waals surface area contributed by atoms with Gasteiger partial charge in [-0.15, -0.1) is 0 Å². The summed E-state index contributed by atoms with van der Waals surface area (Å²) in [7, 11) is 0. The number of hydrogen-bond donors (Lipinski definition) is 0. The summed E-state index contributed by atoms with van der Waals surface area (Å²) in [5, 5.41) is 0. The highest BCUT2D eigenvalue weighted by molar-refractivity contribution is 5.88. The first-order valence-corrected chi connectivity index (χ1v) is 16.0. The van der Waals surface area contributed by atoms with Crippen LogP contribution in [0.2, 0.25) is 0 Å². The highest BCUT2D eigenvalue weighted by Gasteiger charge is 2.53. The molecule has 7 aromatic rings. The molecule has 0 saturated heterocycles. The van der Waals surface area contributed by atoms with Crippen LogP contribution in [0.4, 0.5) is 0 Å². The Morgan fingerprint density at radius 1 is 0.370 bits per heavy atom. The minimum Gasteiger partial charge on any atom is -0.228 e. The van der Waals surface area contributed by atoms with Gasteiger partial charge in [0.15, 0.2) is 5.82 Å². The van der Waals surface area contributed by atoms with E-state index in [1.165, 1.54) is 44.5 Å². The Labute approximate surface area is 270 Å². The van der Waals surface area contributed by atoms with Crippen LogP contribution >= 0.6 is 0 Å². The van der Waals surface area contributed by atoms with Crippen LogP contribution in [-0.4, -0.2) is 9.97 Å². The monoisotopic (exact) mass is 588 g/mol. The van der Waals surface area contributed by atoms with Gasteiger partial charge in [0, 0.05) is 22.1 Å². The van der Waals surface area contributed by atoms with Crippen molar-refractivity contribution in [2.45, 2.75) is 24.7 Å². The average Bonchev–Trinajstić information content (AvgIpc) is 3.42. The Morgan fingerprint density at radius 3 is 1.39 bits per heavy atom. The summed E-state index contributed by atoms with van der Waals surface area (Å²) in [4.78, 5) is 10.4. The van der Waals surface area contributed by atoms with Crippen molar-refractivity contribution in [2.24, 2.45) is 0 Å². The smallest absolute Gasteiger partial charge is 0.160 e. The van der Waals surface area contributed by atoms with Crippen LogP contribution < -0.4 is 0 Å². The molecule has 0 aliphatic heterocycles. The van der Waals surface area contributed by atoms with Crippen molar-refractivity contribution in [3.63, 3.8) is 0 Å². The van der Waals surface area contributed by atoms with Gasteiger partial charge < -0.3 is 0 Å². The highest BCUT2D eigenvalue weighted by Crippen LogP contribution is 2.62. The lowest BCUT2D eigenvalue weighted by molar-refractivity contribution is 0.563. The zero-order chi connectivity index (χ0) is 30.9. The zero-order valence-corrected chi connectivity index (χ0v) is 25.9. The molecule has 0 amide bonds. The molecule has 46 heavy (non-hydrogen) atoms. The van der Waals surface area contributed by atoms with Gasteiger partial charge in [-0.25, -0.2) is 9.97 Å². The SMILES string of the molecule is CC1(C)c2ccccc2C2(c3ccccc3-c3ccccc32)c2ccc(-c3nc(-c4ccccc4)cc(-c4ccccc4)n3)cc21. The maximum Gasteiger partial charge on any atom is 0.160 e. The standard InChI is InChI=1S/C44H32N2/c1-43(2)36-23-13-14-24-37(36)44(34-21-11-9-19-32(34)33-20-10-12-22-35(33)44)38-26-25-31(27-39(38)43)42-45-40(29-15-5-3-6-16-29)28-41(46-42)30-17-7-4-8-18-30/h3-28H,1-2H3. The second-order valence-corrected chi connectivity index (χ2v) is 13.0. The lowest BCUT2D eigenvalue weighted by atomic mass is 9.55. The molecule has 2 aliphatic carbocycles. The van der Waals surface area contributed by atoms with Gasteiger partial charge in [0.1, 0.15) is 0 Å². The van der Waals surface area contributed by atoms with Gasteiger partial charge in [-0.1, -0.05) is 159 Å². The van der Waals surface area contributed by atoms with Crippen molar-refractivity contribution in [1.29, 1.82) is 0 Å². The Balaban J connectivity index is 1.33. The third-order valence-electron chi connectivity index (χ3n) is 10.2. The molecule has 6 aromatic carbocycles. The summed E-state index contributed by atoms with van der Waals surface area (Å²) in [5.74, 6) is 0.735. The summed E-state index contributed by atoms with van der Waals surface area (Å²) in [6.45, 7) is 4.73. The predicted molar refractivity (Wildman–Crippen MR) is 188 cm³/mol. The van der Waals surface area contributed by atoms with Gasteiger partial charge in [-0.3, -0.25) is 0 Å². The van der Waals surface area contributed by atoms with E-state index in [9.17, 15) is 0 Å². The first-order valence-electron chi connectivity index (χ1n) is 16.0. The molecule has 0 atom stereocenters. The quantitative estimate of drug-likeness (QED) is 0.205. The summed E-state index contributed by atoms with van der Waals surface area (Å²) >= 11 is 0. The molecule has 1 heterocycles. The van der Waals surface area contributed by atoms with Gasteiger partial charge >= 0.3 is 0 Å². The number of aromatic nitrogens is 2. The number of fused-ring (bicyclic) bond motifs is 9. The Hall–Kier alpha value is -5.60. The van der Waals surface area contributed by atoms with E-state index in [-0.39, 0.29) is 5.41 Å². The Kier molecular flexibility index (Phi) is 5.79. The van der Waals surface area contributed by atoms with Gasteiger partial charge in [0.2, 0.25) is 0 Å². The first-order chi connectivity index (χ1) is 22.6. The van der Waals surface area contributed by atoms with E-state index in [1.807, 2.05) is 12.1 Å². The van der Waals surface area contributed by atoms with Gasteiger partial charge in [-0.2, -0.15) is 0 Å². The zero-order valence-electron chi connectivity index (χ0n) is 25.9. The molecule has 0 radical (unpaired) electrons. The molecule has 0 fully saturated rings. The van der Waals surface area contributed by atoms with Crippen molar-refractivity contribution >= 4 is 0 Å². The van der Waals surface area contributed by atoms with Gasteiger partial charge in [-0.05, 0) is 56.6 Å². The topological polar surface area (TPSA) is 25.8 Å². The molecular formula is C44H32N2. The molecule has 0 saturated carbocycles. The summed E-state index contributed by atoms with van der Waals surface area (Å²) in [5.41, 5.74) is 15.1. The second-order valence-electron chi connectivity index (χ2n) is 13.0. The summed E-state index contributed by atoms with van der Waals surface area (Å²) < 4.78 is 0. The number of rotatable bonds is 3. The highest BCUT2D eigenvalue weighted by atomic mass is 14.9. The van der Waals surface area contributed by atoms with E-state index in [0.29, 0.717) is 0 Å². The fraction of sp³-hybridized carbons (Fsp3) is 0.0909. The maximum absolute atomic E-state index is 5.19. The van der Waals surface area contributed by atoms with Crippen LogP contribution in [0, 0.1) is 0 Å². The van der Waals surface area contributed by atoms with Crippen molar-refractivity contribution in [3.8, 4) is 45.0 Å². The third-order valence-corrected chi connectivity index (χ3v) is 10.2. The predicted octanol–water partition coefficient (Wildman–Crippen LogP) is 10.5. The van der Waals surface area contributed by atoms with Crippen molar-refractivity contribution in [1.82, 2.24) is 9.97 Å². The van der Waals surface area contributed by atoms with Crippen LogP contribution in [0.25, 0.3) is 45.0 Å². The molecule has 0 N–H and O–H groups in total. The number of benzene rings is 6. The van der Waals surface area contributed by atoms with Crippen LogP contribution in [0.15, 0.2) is 158 Å². The molecule has 0 unspecified atom stereocenters. The van der Waals surface area contributed by atoms with E-state index in [4.69, 9.17) is 9.97 Å². The maximum atomic E-state index is 5.19. The average molecular weight is 589 g/mol. The van der Waals surface area contributed by atoms with Crippen molar-refractivity contribution in [3.05, 3.63) is 191 Å². The normalized spacial score (nSPS) is 14.7. The molecule has 2 nitrogen and oxygen atoms in total. The van der Waals surface area contributed by atoms with Crippen molar-refractivity contribution < 1.29 is 0 Å². The van der Waals surface area contributed by atoms with Crippen LogP contribution in [0.3, 0.4) is 0 Å². The lowest BCUT2D eigenvalue weighted by Crippen LogP contribution is -2.40. The molecular weight excluding hydrogens is 556 g/mol. The Morgan fingerprint density at radius 2 is 0.826 bits per heavy atom. The molecule has 2 heteroatoms. The molecule has 218 valence electrons. The van der Waals surface area contributed by atoms with E-state index < -0.39 is 5.41 Å². The Bertz CT molecular complexity index is 2180. The summed E-state index contributed by atoms with van der Waals surface area (Å²) in [6, 6.07) is 56.9. The largest absolute Gasteiger partial charge is 0.228 e. The molecule has 1 aromatic heterocycles. The van der Waals surface area contributed by atoms with Gasteiger partial charge in [0.05, 0.1) is 16.8 Å². The van der Waals surface area contributed by atoms with E-state index in [1.54, 1.807) is 0 Å². The molecule has 1 spiro atoms. The minimum absolute atomic E-state index is 0.237. The number of hydrogen-bond acceptors (Lipinski definition) is 2. The van der Waals surface area contributed by atoms with E-state index >= 15 is 0 Å². The number of nitrogens with zero attached hydrogens (tertiary/aromatic N) is 2. The molecule has 0 bridgehead atoms. The van der Waals surface area contributed by atoms with Crippen LogP contribution in [-0.2, 0) is 10.8 Å². The molecule has 9 rings (SSSR count). The van der Waals surface area contributed by atoms with Gasteiger partial charge in [0.25, 0.3) is 0 Å². The van der Waals surface area contributed by atoms with Crippen LogP contribution in [0.1, 0.15) is 47.2 Å². The fourth-order valence-corrected chi connectivity index (χ4v) is 8.08. The third kappa shape index (κ3) is 3.71. The van der Waals surface area contributed by atoms with E-state index in [2.05, 4.69) is 159 Å². The minimum atomic E-state index is -0.408. The van der Waals surface area contributed by atoms with Crippen molar-refractivity contribution in [2.75, 3.05) is 0 Å². The second kappa shape index (κ2) is 9.95. The first kappa shape index (κ1) is 26.8. The lowest BCUT2D eigenvalue weighted by Gasteiger charge is -2.46. The summed E-state index contributed by atoms with van der Waals surface area (Å²) in [6.07, 6.45) is 0. The molecule has 2 aliphatic rings. The fourth-order valence-electron chi connectivity index (χ4n) is 8.08.